The lowest BCUT2D eigenvalue weighted by Gasteiger charge is -2.17. The van der Waals surface area contributed by atoms with Crippen molar-refractivity contribution >= 4 is 29.0 Å². The fourth-order valence-electron chi connectivity index (χ4n) is 3.62. The molecule has 8 heteroatoms. The summed E-state index contributed by atoms with van der Waals surface area (Å²) in [5, 5.41) is 3.20. The van der Waals surface area contributed by atoms with E-state index in [1.165, 1.54) is 13.3 Å². The van der Waals surface area contributed by atoms with Gasteiger partial charge >= 0.3 is 0 Å². The Morgan fingerprint density at radius 3 is 2.80 bits per heavy atom. The maximum atomic E-state index is 14.6. The Morgan fingerprint density at radius 2 is 2.07 bits per heavy atom. The van der Waals surface area contributed by atoms with Gasteiger partial charge in [-0.2, -0.15) is 0 Å². The number of methoxy groups -OCH3 is 1. The molecule has 0 aliphatic heterocycles. The minimum absolute atomic E-state index is 0.0135. The zero-order chi connectivity index (χ0) is 21.3. The minimum atomic E-state index is -0.969. The van der Waals surface area contributed by atoms with Gasteiger partial charge in [0.25, 0.3) is 0 Å². The molecule has 0 fully saturated rings. The van der Waals surface area contributed by atoms with Crippen LogP contribution in [0.5, 0.6) is 0 Å². The van der Waals surface area contributed by atoms with Gasteiger partial charge in [-0.1, -0.05) is 6.92 Å². The number of aldehydes is 1. The predicted octanol–water partition coefficient (Wildman–Crippen LogP) is 5.15. The number of rotatable bonds is 6. The SMILES string of the molecule is CCc1cc(Nc2nccn3c(C4=C(F)C(F)=C(OC)CC4)cnc23)ccc1C=O. The topological polar surface area (TPSA) is 68.5 Å². The van der Waals surface area contributed by atoms with E-state index >= 15 is 0 Å². The molecule has 4 rings (SSSR count). The summed E-state index contributed by atoms with van der Waals surface area (Å²) in [7, 11) is 1.33. The fourth-order valence-corrected chi connectivity index (χ4v) is 3.62. The molecular formula is C22H20F2N4O2. The molecule has 154 valence electrons. The second-order valence-corrected chi connectivity index (χ2v) is 6.86. The van der Waals surface area contributed by atoms with Gasteiger partial charge in [0.2, 0.25) is 0 Å². The number of halogens is 2. The maximum absolute atomic E-state index is 14.6. The van der Waals surface area contributed by atoms with Crippen molar-refractivity contribution in [2.24, 2.45) is 0 Å². The molecule has 1 aliphatic carbocycles. The number of imidazole rings is 1. The molecule has 0 spiro atoms. The lowest BCUT2D eigenvalue weighted by atomic mass is 9.99. The van der Waals surface area contributed by atoms with E-state index in [0.29, 0.717) is 35.6 Å². The van der Waals surface area contributed by atoms with Gasteiger partial charge in [-0.15, -0.1) is 0 Å². The largest absolute Gasteiger partial charge is 0.498 e. The number of carbonyl (C=O) groups is 1. The van der Waals surface area contributed by atoms with Crippen LogP contribution in [0.1, 0.15) is 41.4 Å². The van der Waals surface area contributed by atoms with Gasteiger partial charge in [0, 0.05) is 35.6 Å². The Labute approximate surface area is 171 Å². The predicted molar refractivity (Wildman–Crippen MR) is 110 cm³/mol. The van der Waals surface area contributed by atoms with E-state index in [2.05, 4.69) is 15.3 Å². The fraction of sp³-hybridized carbons (Fsp3) is 0.227. The molecule has 6 nitrogen and oxygen atoms in total. The average Bonchev–Trinajstić information content (AvgIpc) is 3.20. The third-order valence-corrected chi connectivity index (χ3v) is 5.20. The van der Waals surface area contributed by atoms with E-state index in [1.807, 2.05) is 13.0 Å². The smallest absolute Gasteiger partial charge is 0.196 e. The van der Waals surface area contributed by atoms with Crippen LogP contribution >= 0.6 is 0 Å². The average molecular weight is 410 g/mol. The molecule has 0 amide bonds. The van der Waals surface area contributed by atoms with Gasteiger partial charge in [0.15, 0.2) is 23.1 Å². The maximum Gasteiger partial charge on any atom is 0.196 e. The first-order valence-electron chi connectivity index (χ1n) is 9.56. The summed E-state index contributed by atoms with van der Waals surface area (Å²) >= 11 is 0. The summed E-state index contributed by atoms with van der Waals surface area (Å²) in [4.78, 5) is 19.9. The molecule has 1 N–H and O–H groups in total. The first-order valence-corrected chi connectivity index (χ1v) is 9.56. The van der Waals surface area contributed by atoms with Crippen molar-refractivity contribution in [3.8, 4) is 0 Å². The Morgan fingerprint density at radius 1 is 1.23 bits per heavy atom. The van der Waals surface area contributed by atoms with Crippen molar-refractivity contribution in [1.29, 1.82) is 0 Å². The van der Waals surface area contributed by atoms with E-state index in [4.69, 9.17) is 4.74 Å². The molecule has 0 bridgehead atoms. The number of aromatic nitrogens is 3. The van der Waals surface area contributed by atoms with Gasteiger partial charge in [0.05, 0.1) is 19.0 Å². The number of fused-ring (bicyclic) bond motifs is 1. The quantitative estimate of drug-likeness (QED) is 0.569. The monoisotopic (exact) mass is 410 g/mol. The van der Waals surface area contributed by atoms with Crippen molar-refractivity contribution in [3.05, 3.63) is 71.0 Å². The van der Waals surface area contributed by atoms with Crippen LogP contribution in [-0.4, -0.2) is 27.8 Å². The molecule has 1 aliphatic rings. The first kappa shape index (κ1) is 19.8. The summed E-state index contributed by atoms with van der Waals surface area (Å²) in [6.07, 6.45) is 6.85. The van der Waals surface area contributed by atoms with Crippen molar-refractivity contribution < 1.29 is 18.3 Å². The van der Waals surface area contributed by atoms with Crippen LogP contribution < -0.4 is 5.32 Å². The number of ether oxygens (including phenoxy) is 1. The summed E-state index contributed by atoms with van der Waals surface area (Å²) in [5.41, 5.74) is 3.49. The molecule has 2 heterocycles. The normalized spacial score (nSPS) is 14.4. The highest BCUT2D eigenvalue weighted by Crippen LogP contribution is 2.38. The zero-order valence-electron chi connectivity index (χ0n) is 16.6. The highest BCUT2D eigenvalue weighted by atomic mass is 19.2. The summed E-state index contributed by atoms with van der Waals surface area (Å²) < 4.78 is 35.5. The van der Waals surface area contributed by atoms with Gasteiger partial charge in [-0.05, 0) is 36.6 Å². The van der Waals surface area contributed by atoms with E-state index in [1.54, 1.807) is 28.9 Å². The van der Waals surface area contributed by atoms with E-state index < -0.39 is 11.7 Å². The molecule has 0 atom stereocenters. The molecule has 1 aromatic carbocycles. The second-order valence-electron chi connectivity index (χ2n) is 6.86. The number of carbonyl (C=O) groups excluding carboxylic acids is 1. The minimum Gasteiger partial charge on any atom is -0.498 e. The van der Waals surface area contributed by atoms with Crippen molar-refractivity contribution in [2.75, 3.05) is 12.4 Å². The number of aryl methyl sites for hydroxylation is 1. The number of anilines is 2. The van der Waals surface area contributed by atoms with E-state index in [0.717, 1.165) is 17.5 Å². The second kappa shape index (κ2) is 8.06. The Hall–Kier alpha value is -3.55. The molecule has 30 heavy (non-hydrogen) atoms. The third-order valence-electron chi connectivity index (χ3n) is 5.20. The van der Waals surface area contributed by atoms with E-state index in [-0.39, 0.29) is 17.8 Å². The number of hydrogen-bond acceptors (Lipinski definition) is 5. The third kappa shape index (κ3) is 3.34. The number of hydrogen-bond donors (Lipinski definition) is 1. The molecular weight excluding hydrogens is 390 g/mol. The van der Waals surface area contributed by atoms with Crippen molar-refractivity contribution in [2.45, 2.75) is 26.2 Å². The highest BCUT2D eigenvalue weighted by molar-refractivity contribution is 5.80. The van der Waals surface area contributed by atoms with E-state index in [9.17, 15) is 13.6 Å². The highest BCUT2D eigenvalue weighted by Gasteiger charge is 2.26. The first-order chi connectivity index (χ1) is 14.6. The van der Waals surface area contributed by atoms with Gasteiger partial charge in [-0.3, -0.25) is 9.20 Å². The molecule has 0 radical (unpaired) electrons. The number of benzene rings is 1. The Bertz CT molecular complexity index is 1200. The number of nitrogens with zero attached hydrogens (tertiary/aromatic N) is 3. The molecule has 0 unspecified atom stereocenters. The van der Waals surface area contributed by atoms with Crippen LogP contribution in [0, 0.1) is 0 Å². The van der Waals surface area contributed by atoms with Crippen LogP contribution in [0.15, 0.2) is 54.2 Å². The van der Waals surface area contributed by atoms with Crippen molar-refractivity contribution in [3.63, 3.8) is 0 Å². The van der Waals surface area contributed by atoms with Gasteiger partial charge in [0.1, 0.15) is 12.0 Å². The Balaban J connectivity index is 1.74. The summed E-state index contributed by atoms with van der Waals surface area (Å²) in [6, 6.07) is 5.41. The zero-order valence-corrected chi connectivity index (χ0v) is 16.6. The lowest BCUT2D eigenvalue weighted by molar-refractivity contribution is 0.112. The number of allylic oxidation sites excluding steroid dienone is 4. The van der Waals surface area contributed by atoms with Crippen LogP contribution in [0.25, 0.3) is 11.2 Å². The van der Waals surface area contributed by atoms with Crippen LogP contribution in [0.4, 0.5) is 20.3 Å². The van der Waals surface area contributed by atoms with Crippen LogP contribution in [0.2, 0.25) is 0 Å². The lowest BCUT2D eigenvalue weighted by Crippen LogP contribution is -2.05. The molecule has 3 aromatic rings. The van der Waals surface area contributed by atoms with Crippen LogP contribution in [-0.2, 0) is 11.2 Å². The summed E-state index contributed by atoms with van der Waals surface area (Å²) in [6.45, 7) is 1.97. The van der Waals surface area contributed by atoms with Crippen molar-refractivity contribution in [1.82, 2.24) is 14.4 Å². The standard InChI is InChI=1S/C22H20F2N4O2/c1-3-13-10-15(5-4-14(13)12-29)27-21-22-26-11-17(28(22)9-8-25-21)16-6-7-18(30-2)20(24)19(16)23/h4-5,8-12H,3,6-7H2,1-2H3,(H,25,27). The molecule has 0 saturated heterocycles. The van der Waals surface area contributed by atoms with Crippen LogP contribution in [0.3, 0.4) is 0 Å². The molecule has 2 aromatic heterocycles. The number of nitrogens with one attached hydrogen (secondary N) is 1. The Kier molecular flexibility index (Phi) is 5.31. The van der Waals surface area contributed by atoms with Gasteiger partial charge in [-0.25, -0.2) is 18.7 Å². The molecule has 0 saturated carbocycles. The summed E-state index contributed by atoms with van der Waals surface area (Å²) in [5.74, 6) is -1.42. The van der Waals surface area contributed by atoms with Gasteiger partial charge < -0.3 is 10.1 Å².